The molecule has 0 atom stereocenters. The molecular formula is C26H24ClN3O2. The van der Waals surface area contributed by atoms with E-state index >= 15 is 0 Å². The van der Waals surface area contributed by atoms with Crippen molar-refractivity contribution in [2.45, 2.75) is 13.0 Å². The van der Waals surface area contributed by atoms with E-state index in [2.05, 4.69) is 33.7 Å². The first kappa shape index (κ1) is 20.6. The van der Waals surface area contributed by atoms with Gasteiger partial charge in [0.25, 0.3) is 5.91 Å². The lowest BCUT2D eigenvalue weighted by Gasteiger charge is -2.16. The number of halogens is 1. The van der Waals surface area contributed by atoms with Gasteiger partial charge in [0.15, 0.2) is 0 Å². The predicted octanol–water partition coefficient (Wildman–Crippen LogP) is 5.27. The number of benzene rings is 3. The molecule has 3 aromatic carbocycles. The first-order valence-corrected chi connectivity index (χ1v) is 11.0. The van der Waals surface area contributed by atoms with E-state index in [0.29, 0.717) is 17.2 Å². The molecule has 6 heteroatoms. The summed E-state index contributed by atoms with van der Waals surface area (Å²) in [6, 6.07) is 19.9. The van der Waals surface area contributed by atoms with Crippen molar-refractivity contribution in [2.75, 3.05) is 31.3 Å². The fourth-order valence-corrected chi connectivity index (χ4v) is 4.37. The van der Waals surface area contributed by atoms with Crippen molar-refractivity contribution in [3.8, 4) is 5.75 Å². The van der Waals surface area contributed by atoms with Crippen molar-refractivity contribution in [3.63, 3.8) is 0 Å². The second kappa shape index (κ2) is 8.34. The van der Waals surface area contributed by atoms with Gasteiger partial charge in [0.2, 0.25) is 0 Å². The molecule has 0 fully saturated rings. The number of hydrogen-bond acceptors (Lipinski definition) is 4. The Bertz CT molecular complexity index is 1230. The number of rotatable bonds is 5. The van der Waals surface area contributed by atoms with Crippen molar-refractivity contribution >= 4 is 40.2 Å². The van der Waals surface area contributed by atoms with Crippen molar-refractivity contribution in [1.29, 1.82) is 0 Å². The smallest absolute Gasteiger partial charge is 0.258 e. The van der Waals surface area contributed by atoms with Gasteiger partial charge in [-0.25, -0.2) is 0 Å². The van der Waals surface area contributed by atoms with Crippen LogP contribution in [-0.2, 0) is 17.8 Å². The molecule has 0 spiro atoms. The Balaban J connectivity index is 1.61. The minimum atomic E-state index is -0.157. The van der Waals surface area contributed by atoms with Crippen LogP contribution in [0.25, 0.3) is 11.3 Å². The van der Waals surface area contributed by atoms with Crippen LogP contribution in [0.3, 0.4) is 0 Å². The number of anilines is 2. The summed E-state index contributed by atoms with van der Waals surface area (Å²) >= 11 is 6.16. The van der Waals surface area contributed by atoms with E-state index in [1.807, 2.05) is 44.4 Å². The van der Waals surface area contributed by atoms with Gasteiger partial charge in [-0.05, 0) is 55.6 Å². The van der Waals surface area contributed by atoms with Gasteiger partial charge in [-0.3, -0.25) is 4.79 Å². The van der Waals surface area contributed by atoms with Gasteiger partial charge in [0.1, 0.15) is 5.75 Å². The molecule has 5 rings (SSSR count). The molecular weight excluding hydrogens is 422 g/mol. The van der Waals surface area contributed by atoms with E-state index in [1.54, 1.807) is 12.1 Å². The lowest BCUT2D eigenvalue weighted by molar-refractivity contribution is -0.110. The average molecular weight is 446 g/mol. The Labute approximate surface area is 192 Å². The van der Waals surface area contributed by atoms with E-state index in [1.165, 1.54) is 11.1 Å². The van der Waals surface area contributed by atoms with Crippen molar-refractivity contribution in [1.82, 2.24) is 4.90 Å². The van der Waals surface area contributed by atoms with E-state index in [4.69, 9.17) is 16.3 Å². The first-order valence-electron chi connectivity index (χ1n) is 10.6. The second-order valence-electron chi connectivity index (χ2n) is 8.37. The summed E-state index contributed by atoms with van der Waals surface area (Å²) in [7, 11) is 4.10. The van der Waals surface area contributed by atoms with Gasteiger partial charge in [0, 0.05) is 34.8 Å². The van der Waals surface area contributed by atoms with Crippen LogP contribution in [0, 0.1) is 0 Å². The lowest BCUT2D eigenvalue weighted by atomic mass is 9.98. The van der Waals surface area contributed by atoms with E-state index in [9.17, 15) is 4.79 Å². The molecule has 32 heavy (non-hydrogen) atoms. The minimum Gasteiger partial charge on any atom is -0.493 e. The lowest BCUT2D eigenvalue weighted by Crippen LogP contribution is -2.11. The molecule has 1 amide bonds. The summed E-state index contributed by atoms with van der Waals surface area (Å²) in [5, 5.41) is 7.05. The molecule has 0 saturated carbocycles. The van der Waals surface area contributed by atoms with Crippen molar-refractivity contribution in [2.24, 2.45) is 0 Å². The highest BCUT2D eigenvalue weighted by molar-refractivity contribution is 6.38. The van der Waals surface area contributed by atoms with E-state index in [-0.39, 0.29) is 5.91 Å². The Morgan fingerprint density at radius 3 is 2.69 bits per heavy atom. The van der Waals surface area contributed by atoms with Gasteiger partial charge in [-0.15, -0.1) is 0 Å². The highest BCUT2D eigenvalue weighted by atomic mass is 35.5. The molecule has 5 nitrogen and oxygen atoms in total. The maximum absolute atomic E-state index is 13.1. The molecule has 3 aromatic rings. The average Bonchev–Trinajstić information content (AvgIpc) is 3.35. The van der Waals surface area contributed by atoms with Crippen LogP contribution in [0.5, 0.6) is 5.75 Å². The third kappa shape index (κ3) is 3.97. The highest BCUT2D eigenvalue weighted by Gasteiger charge is 2.29. The quantitative estimate of drug-likeness (QED) is 0.525. The molecule has 2 aliphatic heterocycles. The molecule has 0 aliphatic carbocycles. The number of carbonyl (C=O) groups excluding carboxylic acids is 1. The summed E-state index contributed by atoms with van der Waals surface area (Å²) in [4.78, 5) is 15.2. The molecule has 162 valence electrons. The topological polar surface area (TPSA) is 53.6 Å². The number of nitrogens with one attached hydrogen (secondary N) is 2. The summed E-state index contributed by atoms with van der Waals surface area (Å²) in [6.45, 7) is 1.56. The first-order chi connectivity index (χ1) is 15.5. The molecule has 0 aromatic heterocycles. The summed E-state index contributed by atoms with van der Waals surface area (Å²) in [6.07, 6.45) is 0.907. The standard InChI is InChI=1S/C26H24ClN3O2/c1-30(2)15-16-3-8-20(9-4-16)28-25(18-6-5-17-11-12-32-23(17)13-18)24-21-10-7-19(27)14-22(21)29-26(24)31/h3-10,13-14,28H,11-12,15H2,1-2H3,(H,29,31)/b25-24-. The maximum Gasteiger partial charge on any atom is 0.258 e. The Morgan fingerprint density at radius 2 is 1.91 bits per heavy atom. The number of ether oxygens (including phenoxy) is 1. The summed E-state index contributed by atoms with van der Waals surface area (Å²) in [5.41, 5.74) is 7.09. The van der Waals surface area contributed by atoms with Crippen LogP contribution < -0.4 is 15.4 Å². The summed E-state index contributed by atoms with van der Waals surface area (Å²) in [5.74, 6) is 0.717. The zero-order chi connectivity index (χ0) is 22.2. The molecule has 2 heterocycles. The molecule has 0 unspecified atom stereocenters. The van der Waals surface area contributed by atoms with Crippen molar-refractivity contribution < 1.29 is 9.53 Å². The normalized spacial score (nSPS) is 15.8. The second-order valence-corrected chi connectivity index (χ2v) is 8.81. The van der Waals surface area contributed by atoms with E-state index in [0.717, 1.165) is 46.9 Å². The molecule has 0 saturated heterocycles. The third-order valence-electron chi connectivity index (χ3n) is 5.68. The van der Waals surface area contributed by atoms with Gasteiger partial charge in [0.05, 0.1) is 23.6 Å². The zero-order valence-corrected chi connectivity index (χ0v) is 18.8. The van der Waals surface area contributed by atoms with Crippen LogP contribution >= 0.6 is 11.6 Å². The number of nitrogens with zero attached hydrogens (tertiary/aromatic N) is 1. The predicted molar refractivity (Wildman–Crippen MR) is 130 cm³/mol. The van der Waals surface area contributed by atoms with Gasteiger partial charge in [-0.2, -0.15) is 0 Å². The van der Waals surface area contributed by atoms with Crippen LogP contribution in [-0.4, -0.2) is 31.5 Å². The van der Waals surface area contributed by atoms with Gasteiger partial charge in [-0.1, -0.05) is 41.9 Å². The summed E-state index contributed by atoms with van der Waals surface area (Å²) < 4.78 is 5.79. The van der Waals surface area contributed by atoms with Crippen LogP contribution in [0.1, 0.15) is 22.3 Å². The Hall–Kier alpha value is -3.28. The fraction of sp³-hybridized carbons (Fsp3) is 0.192. The molecule has 2 aliphatic rings. The monoisotopic (exact) mass is 445 g/mol. The SMILES string of the molecule is CN(C)Cc1ccc(N/C(=C2\C(=O)Nc3cc(Cl)ccc32)c2ccc3c(c2)OCC3)cc1. The Kier molecular flexibility index (Phi) is 5.37. The van der Waals surface area contributed by atoms with Crippen LogP contribution in [0.2, 0.25) is 5.02 Å². The number of amides is 1. The minimum absolute atomic E-state index is 0.157. The Morgan fingerprint density at radius 1 is 1.09 bits per heavy atom. The van der Waals surface area contributed by atoms with Crippen LogP contribution in [0.15, 0.2) is 60.7 Å². The van der Waals surface area contributed by atoms with Gasteiger partial charge >= 0.3 is 0 Å². The van der Waals surface area contributed by atoms with E-state index < -0.39 is 0 Å². The van der Waals surface area contributed by atoms with Gasteiger partial charge < -0.3 is 20.3 Å². The number of carbonyl (C=O) groups is 1. The molecule has 0 radical (unpaired) electrons. The number of hydrogen-bond donors (Lipinski definition) is 2. The number of fused-ring (bicyclic) bond motifs is 2. The van der Waals surface area contributed by atoms with Crippen LogP contribution in [0.4, 0.5) is 11.4 Å². The largest absolute Gasteiger partial charge is 0.493 e. The third-order valence-corrected chi connectivity index (χ3v) is 5.92. The molecule has 0 bridgehead atoms. The highest BCUT2D eigenvalue weighted by Crippen LogP contribution is 2.40. The van der Waals surface area contributed by atoms with Crippen molar-refractivity contribution in [3.05, 3.63) is 87.9 Å². The maximum atomic E-state index is 13.1. The molecule has 2 N–H and O–H groups in total. The fourth-order valence-electron chi connectivity index (χ4n) is 4.20. The zero-order valence-electron chi connectivity index (χ0n) is 18.0.